The van der Waals surface area contributed by atoms with Gasteiger partial charge in [0.2, 0.25) is 5.91 Å². The number of hydrogen-bond acceptors (Lipinski definition) is 2. The molecule has 0 aromatic heterocycles. The summed E-state index contributed by atoms with van der Waals surface area (Å²) in [7, 11) is 0. The van der Waals surface area contributed by atoms with E-state index in [0.29, 0.717) is 6.42 Å². The first-order valence-electron chi connectivity index (χ1n) is 6.34. The number of carbonyl (C=O) groups excluding carboxylic acids is 1. The molecule has 1 aliphatic rings. The second-order valence-electron chi connectivity index (χ2n) is 4.91. The highest BCUT2D eigenvalue weighted by Crippen LogP contribution is 2.36. The summed E-state index contributed by atoms with van der Waals surface area (Å²) in [5.74, 6) is -1.06. The molecule has 2 N–H and O–H groups in total. The van der Waals surface area contributed by atoms with Crippen molar-refractivity contribution in [3.05, 3.63) is 24.3 Å². The number of carboxylic acids is 1. The molecule has 0 radical (unpaired) electrons. The van der Waals surface area contributed by atoms with Gasteiger partial charge in [0.1, 0.15) is 0 Å². The van der Waals surface area contributed by atoms with Crippen LogP contribution in [-0.2, 0) is 9.59 Å². The Balaban J connectivity index is 2.68. The highest BCUT2D eigenvalue weighted by molar-refractivity contribution is 5.88. The van der Waals surface area contributed by atoms with Crippen molar-refractivity contribution in [2.24, 2.45) is 5.41 Å². The van der Waals surface area contributed by atoms with E-state index >= 15 is 0 Å². The van der Waals surface area contributed by atoms with E-state index in [-0.39, 0.29) is 11.9 Å². The zero-order chi connectivity index (χ0) is 13.6. The highest BCUT2D eigenvalue weighted by atomic mass is 16.4. The Labute approximate surface area is 108 Å². The van der Waals surface area contributed by atoms with Crippen molar-refractivity contribution in [3.63, 3.8) is 0 Å². The molecule has 4 nitrogen and oxygen atoms in total. The van der Waals surface area contributed by atoms with E-state index in [0.717, 1.165) is 19.3 Å². The molecule has 0 aromatic carbocycles. The van der Waals surface area contributed by atoms with Gasteiger partial charge in [0.15, 0.2) is 0 Å². The monoisotopic (exact) mass is 251 g/mol. The Morgan fingerprint density at radius 3 is 2.67 bits per heavy atom. The predicted molar refractivity (Wildman–Crippen MR) is 70.1 cm³/mol. The summed E-state index contributed by atoms with van der Waals surface area (Å²) >= 11 is 0. The Morgan fingerprint density at radius 2 is 2.06 bits per heavy atom. The van der Waals surface area contributed by atoms with Crippen LogP contribution in [0.15, 0.2) is 24.3 Å². The van der Waals surface area contributed by atoms with Crippen molar-refractivity contribution in [1.82, 2.24) is 5.32 Å². The predicted octanol–water partition coefficient (Wildman–Crippen LogP) is 2.27. The maximum absolute atomic E-state index is 11.7. The Morgan fingerprint density at radius 1 is 1.33 bits per heavy atom. The molecule has 4 heteroatoms. The third-order valence-corrected chi connectivity index (χ3v) is 3.56. The average molecular weight is 251 g/mol. The van der Waals surface area contributed by atoms with Crippen LogP contribution in [0.2, 0.25) is 0 Å². The minimum absolute atomic E-state index is 0.229. The number of nitrogens with one attached hydrogen (secondary N) is 1. The van der Waals surface area contributed by atoms with E-state index in [2.05, 4.69) is 5.32 Å². The standard InChI is InChI=1S/C14H21NO3/c1-3-4-5-9-12(16)15-11-8-6-7-10-14(11,2)13(17)18/h3-5,9,11H,6-8,10H2,1-2H3,(H,15,16)(H,17,18)/b4-3+,9-5?. The van der Waals surface area contributed by atoms with Crippen molar-refractivity contribution < 1.29 is 14.7 Å². The molecule has 2 unspecified atom stereocenters. The lowest BCUT2D eigenvalue weighted by Crippen LogP contribution is -2.51. The first-order chi connectivity index (χ1) is 8.50. The van der Waals surface area contributed by atoms with Gasteiger partial charge in [-0.1, -0.05) is 31.1 Å². The molecule has 1 amide bonds. The summed E-state index contributed by atoms with van der Waals surface area (Å²) in [4.78, 5) is 23.0. The summed E-state index contributed by atoms with van der Waals surface area (Å²) in [6.45, 7) is 3.58. The molecule has 1 fully saturated rings. The van der Waals surface area contributed by atoms with Gasteiger partial charge in [-0.3, -0.25) is 9.59 Å². The largest absolute Gasteiger partial charge is 0.481 e. The molecule has 0 heterocycles. The van der Waals surface area contributed by atoms with E-state index in [1.54, 1.807) is 19.1 Å². The molecule has 1 saturated carbocycles. The highest BCUT2D eigenvalue weighted by Gasteiger charge is 2.43. The zero-order valence-corrected chi connectivity index (χ0v) is 11.0. The second kappa shape index (κ2) is 6.38. The van der Waals surface area contributed by atoms with E-state index in [9.17, 15) is 14.7 Å². The van der Waals surface area contributed by atoms with Crippen molar-refractivity contribution in [1.29, 1.82) is 0 Å². The maximum Gasteiger partial charge on any atom is 0.311 e. The molecular formula is C14H21NO3. The molecule has 1 rings (SSSR count). The Bertz CT molecular complexity index is 373. The molecule has 2 atom stereocenters. The van der Waals surface area contributed by atoms with Crippen molar-refractivity contribution in [2.75, 3.05) is 0 Å². The quantitative estimate of drug-likeness (QED) is 0.595. The van der Waals surface area contributed by atoms with Gasteiger partial charge in [-0.25, -0.2) is 0 Å². The van der Waals surface area contributed by atoms with Crippen molar-refractivity contribution >= 4 is 11.9 Å². The van der Waals surface area contributed by atoms with Gasteiger partial charge in [-0.05, 0) is 26.7 Å². The van der Waals surface area contributed by atoms with Gasteiger partial charge in [-0.15, -0.1) is 0 Å². The van der Waals surface area contributed by atoms with E-state index < -0.39 is 11.4 Å². The fraction of sp³-hybridized carbons (Fsp3) is 0.571. The van der Waals surface area contributed by atoms with Crippen LogP contribution in [-0.4, -0.2) is 23.0 Å². The summed E-state index contributed by atoms with van der Waals surface area (Å²) in [6, 6.07) is -0.286. The van der Waals surface area contributed by atoms with Crippen LogP contribution in [0.3, 0.4) is 0 Å². The molecule has 1 aliphatic carbocycles. The number of hydrogen-bond donors (Lipinski definition) is 2. The summed E-state index contributed by atoms with van der Waals surface area (Å²) in [6.07, 6.45) is 9.88. The summed E-state index contributed by atoms with van der Waals surface area (Å²) in [5.41, 5.74) is -0.845. The number of aliphatic carboxylic acids is 1. The number of carbonyl (C=O) groups is 2. The molecule has 0 aliphatic heterocycles. The number of rotatable bonds is 4. The van der Waals surface area contributed by atoms with Crippen LogP contribution in [0.4, 0.5) is 0 Å². The van der Waals surface area contributed by atoms with Crippen molar-refractivity contribution in [2.45, 2.75) is 45.6 Å². The number of amides is 1. The summed E-state index contributed by atoms with van der Waals surface area (Å²) < 4.78 is 0. The van der Waals surface area contributed by atoms with Gasteiger partial charge >= 0.3 is 5.97 Å². The summed E-state index contributed by atoms with van der Waals surface area (Å²) in [5, 5.41) is 12.1. The molecule has 0 aromatic rings. The Hall–Kier alpha value is -1.58. The minimum atomic E-state index is -0.845. The molecule has 0 bridgehead atoms. The van der Waals surface area contributed by atoms with Gasteiger partial charge < -0.3 is 10.4 Å². The second-order valence-corrected chi connectivity index (χ2v) is 4.91. The Kier molecular flexibility index (Phi) is 5.13. The fourth-order valence-electron chi connectivity index (χ4n) is 2.29. The van der Waals surface area contributed by atoms with Crippen LogP contribution in [0.5, 0.6) is 0 Å². The van der Waals surface area contributed by atoms with Crippen LogP contribution in [0, 0.1) is 5.41 Å². The smallest absolute Gasteiger partial charge is 0.311 e. The molecular weight excluding hydrogens is 230 g/mol. The lowest BCUT2D eigenvalue weighted by molar-refractivity contribution is -0.151. The van der Waals surface area contributed by atoms with Crippen LogP contribution in [0.25, 0.3) is 0 Å². The third kappa shape index (κ3) is 3.45. The van der Waals surface area contributed by atoms with Crippen molar-refractivity contribution in [3.8, 4) is 0 Å². The normalized spacial score (nSPS) is 28.7. The van der Waals surface area contributed by atoms with Crippen LogP contribution >= 0.6 is 0 Å². The fourth-order valence-corrected chi connectivity index (χ4v) is 2.29. The van der Waals surface area contributed by atoms with E-state index in [1.165, 1.54) is 6.08 Å². The van der Waals surface area contributed by atoms with Gasteiger partial charge in [0.25, 0.3) is 0 Å². The number of allylic oxidation sites excluding steroid dienone is 3. The zero-order valence-electron chi connectivity index (χ0n) is 11.0. The van der Waals surface area contributed by atoms with Gasteiger partial charge in [0.05, 0.1) is 5.41 Å². The topological polar surface area (TPSA) is 66.4 Å². The first-order valence-corrected chi connectivity index (χ1v) is 6.34. The minimum Gasteiger partial charge on any atom is -0.481 e. The lowest BCUT2D eigenvalue weighted by Gasteiger charge is -2.38. The maximum atomic E-state index is 11.7. The lowest BCUT2D eigenvalue weighted by atomic mass is 9.71. The van der Waals surface area contributed by atoms with Gasteiger partial charge in [0, 0.05) is 12.1 Å². The van der Waals surface area contributed by atoms with Crippen LogP contribution in [0.1, 0.15) is 39.5 Å². The molecule has 18 heavy (non-hydrogen) atoms. The van der Waals surface area contributed by atoms with Gasteiger partial charge in [-0.2, -0.15) is 0 Å². The SMILES string of the molecule is C/C=C/C=CC(=O)NC1CCCCC1(C)C(=O)O. The molecule has 0 spiro atoms. The first kappa shape index (κ1) is 14.5. The molecule has 100 valence electrons. The van der Waals surface area contributed by atoms with E-state index in [1.807, 2.05) is 13.0 Å². The van der Waals surface area contributed by atoms with Crippen LogP contribution < -0.4 is 5.32 Å². The average Bonchev–Trinajstić information content (AvgIpc) is 2.32. The third-order valence-electron chi connectivity index (χ3n) is 3.56. The number of carboxylic acid groups (broad SMARTS) is 1. The van der Waals surface area contributed by atoms with E-state index in [4.69, 9.17) is 0 Å². The molecule has 0 saturated heterocycles.